The zero-order valence-corrected chi connectivity index (χ0v) is 14.1. The summed E-state index contributed by atoms with van der Waals surface area (Å²) in [6, 6.07) is 8.68. The largest absolute Gasteiger partial charge is 0.308 e. The molecule has 2 aromatic rings. The molecule has 0 spiro atoms. The van der Waals surface area contributed by atoms with E-state index in [9.17, 15) is 0 Å². The Kier molecular flexibility index (Phi) is 6.06. The van der Waals surface area contributed by atoms with Crippen molar-refractivity contribution in [2.24, 2.45) is 7.05 Å². The fraction of sp³-hybridized carbons (Fsp3) is 0.429. The van der Waals surface area contributed by atoms with E-state index in [0.717, 1.165) is 28.9 Å². The second kappa shape index (κ2) is 7.81. The average Bonchev–Trinajstić information content (AvgIpc) is 2.87. The number of thioether (sulfide) groups is 1. The van der Waals surface area contributed by atoms with E-state index in [1.54, 1.807) is 0 Å². The molecule has 1 N–H and O–H groups in total. The van der Waals surface area contributed by atoms with Gasteiger partial charge in [0.1, 0.15) is 0 Å². The summed E-state index contributed by atoms with van der Waals surface area (Å²) in [7, 11) is 1.94. The lowest BCUT2D eigenvalue weighted by atomic mass is 10.2. The van der Waals surface area contributed by atoms with E-state index in [4.69, 9.17) is 0 Å². The molecule has 1 aromatic heterocycles. The lowest BCUT2D eigenvalue weighted by molar-refractivity contribution is 0.532. The molecule has 1 aromatic carbocycles. The Balaban J connectivity index is 2.01. The molecule has 0 saturated carbocycles. The normalized spacial score (nSPS) is 12.6. The van der Waals surface area contributed by atoms with Gasteiger partial charge >= 0.3 is 0 Å². The minimum atomic E-state index is 0.267. The van der Waals surface area contributed by atoms with Crippen LogP contribution in [0.1, 0.15) is 25.1 Å². The van der Waals surface area contributed by atoms with E-state index >= 15 is 0 Å². The molecular weight excluding hydrogens is 336 g/mol. The summed E-state index contributed by atoms with van der Waals surface area (Å²) >= 11 is 5.30. The number of benzene rings is 1. The number of nitrogens with one attached hydrogen (secondary N) is 1. The van der Waals surface area contributed by atoms with Crippen molar-refractivity contribution < 1.29 is 0 Å². The maximum atomic E-state index is 4.02. The first-order valence-electron chi connectivity index (χ1n) is 6.67. The van der Waals surface area contributed by atoms with Gasteiger partial charge in [0, 0.05) is 22.2 Å². The van der Waals surface area contributed by atoms with E-state index < -0.39 is 0 Å². The van der Waals surface area contributed by atoms with Crippen molar-refractivity contribution in [3.05, 3.63) is 40.6 Å². The molecule has 0 fully saturated rings. The second-order valence-electron chi connectivity index (χ2n) is 4.55. The summed E-state index contributed by atoms with van der Waals surface area (Å²) in [5, 5.41) is 11.6. The molecule has 0 aliphatic carbocycles. The summed E-state index contributed by atoms with van der Waals surface area (Å²) in [6.07, 6.45) is 2.96. The Morgan fingerprint density at radius 3 is 2.70 bits per heavy atom. The molecule has 6 heteroatoms. The second-order valence-corrected chi connectivity index (χ2v) is 6.56. The Morgan fingerprint density at radius 1 is 1.35 bits per heavy atom. The van der Waals surface area contributed by atoms with Gasteiger partial charge in [-0.3, -0.25) is 4.68 Å². The van der Waals surface area contributed by atoms with Crippen molar-refractivity contribution in [2.75, 3.05) is 12.3 Å². The van der Waals surface area contributed by atoms with Crippen molar-refractivity contribution in [3.8, 4) is 0 Å². The van der Waals surface area contributed by atoms with Gasteiger partial charge in [-0.2, -0.15) is 0 Å². The fourth-order valence-corrected chi connectivity index (χ4v) is 3.13. The van der Waals surface area contributed by atoms with E-state index in [0.29, 0.717) is 0 Å². The highest BCUT2D eigenvalue weighted by Gasteiger charge is 2.15. The van der Waals surface area contributed by atoms with Crippen LogP contribution in [0.2, 0.25) is 0 Å². The number of rotatable bonds is 7. The van der Waals surface area contributed by atoms with Gasteiger partial charge in [0.25, 0.3) is 0 Å². The number of hydrogen-bond donors (Lipinski definition) is 1. The quantitative estimate of drug-likeness (QED) is 0.773. The van der Waals surface area contributed by atoms with Gasteiger partial charge in [-0.15, -0.1) is 16.9 Å². The van der Waals surface area contributed by atoms with Gasteiger partial charge in [-0.05, 0) is 37.2 Å². The maximum absolute atomic E-state index is 4.02. The van der Waals surface area contributed by atoms with Crippen LogP contribution in [-0.2, 0) is 7.05 Å². The van der Waals surface area contributed by atoms with Crippen LogP contribution in [0.4, 0.5) is 0 Å². The van der Waals surface area contributed by atoms with E-state index in [1.165, 1.54) is 4.90 Å². The molecule has 4 nitrogen and oxygen atoms in total. The van der Waals surface area contributed by atoms with Crippen molar-refractivity contribution >= 4 is 27.7 Å². The topological polar surface area (TPSA) is 42.7 Å². The minimum Gasteiger partial charge on any atom is -0.308 e. The van der Waals surface area contributed by atoms with Crippen molar-refractivity contribution in [3.63, 3.8) is 0 Å². The minimum absolute atomic E-state index is 0.267. The van der Waals surface area contributed by atoms with Crippen LogP contribution in [-0.4, -0.2) is 27.3 Å². The van der Waals surface area contributed by atoms with E-state index in [2.05, 4.69) is 62.7 Å². The first-order valence-corrected chi connectivity index (χ1v) is 8.45. The lowest BCUT2D eigenvalue weighted by Gasteiger charge is -2.17. The Labute approximate surface area is 132 Å². The molecule has 20 heavy (non-hydrogen) atoms. The van der Waals surface area contributed by atoms with Crippen LogP contribution in [0, 0.1) is 0 Å². The zero-order chi connectivity index (χ0) is 14.4. The third-order valence-electron chi connectivity index (χ3n) is 2.98. The van der Waals surface area contributed by atoms with Gasteiger partial charge in [0.15, 0.2) is 0 Å². The van der Waals surface area contributed by atoms with Crippen LogP contribution in [0.25, 0.3) is 0 Å². The van der Waals surface area contributed by atoms with Gasteiger partial charge in [0.2, 0.25) is 0 Å². The maximum Gasteiger partial charge on any atom is 0.0761 e. The van der Waals surface area contributed by atoms with Crippen molar-refractivity contribution in [1.29, 1.82) is 0 Å². The van der Waals surface area contributed by atoms with Gasteiger partial charge in [-0.25, -0.2) is 0 Å². The molecule has 0 radical (unpaired) electrons. The Hall–Kier alpha value is -0.850. The van der Waals surface area contributed by atoms with Crippen LogP contribution < -0.4 is 5.32 Å². The number of aromatic nitrogens is 3. The molecule has 0 bridgehead atoms. The van der Waals surface area contributed by atoms with Gasteiger partial charge in [-0.1, -0.05) is 28.1 Å². The summed E-state index contributed by atoms with van der Waals surface area (Å²) in [6.45, 7) is 3.17. The fourth-order valence-electron chi connectivity index (χ4n) is 1.89. The first kappa shape index (κ1) is 15.5. The Bertz CT molecular complexity index is 526. The molecule has 2 rings (SSSR count). The number of aryl methyl sites for hydroxylation is 1. The lowest BCUT2D eigenvalue weighted by Crippen LogP contribution is -2.26. The van der Waals surface area contributed by atoms with E-state index in [-0.39, 0.29) is 6.04 Å². The number of nitrogens with zero attached hydrogens (tertiary/aromatic N) is 3. The van der Waals surface area contributed by atoms with Gasteiger partial charge in [0.05, 0.1) is 17.9 Å². The monoisotopic (exact) mass is 354 g/mol. The third kappa shape index (κ3) is 4.33. The molecular formula is C14H19BrN4S. The molecule has 0 saturated heterocycles. The summed E-state index contributed by atoms with van der Waals surface area (Å²) in [4.78, 5) is 1.27. The van der Waals surface area contributed by atoms with Crippen LogP contribution in [0.3, 0.4) is 0 Å². The van der Waals surface area contributed by atoms with Crippen molar-refractivity contribution in [1.82, 2.24) is 20.3 Å². The highest BCUT2D eigenvalue weighted by atomic mass is 79.9. The summed E-state index contributed by atoms with van der Waals surface area (Å²) < 4.78 is 2.95. The summed E-state index contributed by atoms with van der Waals surface area (Å²) in [5.74, 6) is 0.961. The molecule has 108 valence electrons. The zero-order valence-electron chi connectivity index (χ0n) is 11.7. The highest BCUT2D eigenvalue weighted by Crippen LogP contribution is 2.25. The standard InChI is InChI=1S/C14H19BrN4S/c1-3-8-16-13(14-9-17-18-19(14)2)10-20-12-6-4-11(15)5-7-12/h4-7,9,13,16H,3,8,10H2,1-2H3. The molecule has 1 heterocycles. The molecule has 1 atom stereocenters. The third-order valence-corrected chi connectivity index (χ3v) is 4.61. The molecule has 0 amide bonds. The first-order chi connectivity index (χ1) is 9.70. The summed E-state index contributed by atoms with van der Waals surface area (Å²) in [5.41, 5.74) is 1.13. The SMILES string of the molecule is CCCNC(CSc1ccc(Br)cc1)c1cnnn1C. The van der Waals surface area contributed by atoms with Crippen LogP contribution >= 0.6 is 27.7 Å². The van der Waals surface area contributed by atoms with Crippen LogP contribution in [0.15, 0.2) is 39.8 Å². The van der Waals surface area contributed by atoms with E-state index in [1.807, 2.05) is 29.7 Å². The number of halogens is 1. The van der Waals surface area contributed by atoms with Crippen LogP contribution in [0.5, 0.6) is 0 Å². The highest BCUT2D eigenvalue weighted by molar-refractivity contribution is 9.10. The molecule has 0 aliphatic rings. The predicted octanol–water partition coefficient (Wildman–Crippen LogP) is 3.41. The number of hydrogen-bond acceptors (Lipinski definition) is 4. The molecule has 1 unspecified atom stereocenters. The smallest absolute Gasteiger partial charge is 0.0761 e. The van der Waals surface area contributed by atoms with Crippen molar-refractivity contribution in [2.45, 2.75) is 24.3 Å². The predicted molar refractivity (Wildman–Crippen MR) is 86.9 cm³/mol. The molecule has 0 aliphatic heterocycles. The van der Waals surface area contributed by atoms with Gasteiger partial charge < -0.3 is 5.32 Å². The average molecular weight is 355 g/mol. The Morgan fingerprint density at radius 2 is 2.10 bits per heavy atom.